The molecule has 0 aliphatic carbocycles. The number of esters is 1. The number of methoxy groups -OCH3 is 1. The molecule has 0 aromatic heterocycles. The maximum absolute atomic E-state index is 10.9. The highest BCUT2D eigenvalue weighted by Crippen LogP contribution is 2.24. The monoisotopic (exact) mass is 363 g/mol. The van der Waals surface area contributed by atoms with Gasteiger partial charge in [0.2, 0.25) is 0 Å². The minimum absolute atomic E-state index is 0.170. The fraction of sp³-hybridized carbons (Fsp3) is 0.429. The molecular formula is C14H19Cl2N3O2S. The number of ether oxygens (including phenoxy) is 1. The van der Waals surface area contributed by atoms with Crippen LogP contribution in [0.1, 0.15) is 25.7 Å². The van der Waals surface area contributed by atoms with E-state index in [4.69, 9.17) is 35.4 Å². The summed E-state index contributed by atoms with van der Waals surface area (Å²) in [7, 11) is 1.40. The highest BCUT2D eigenvalue weighted by molar-refractivity contribution is 7.80. The van der Waals surface area contributed by atoms with Gasteiger partial charge in [-0.3, -0.25) is 15.6 Å². The molecule has 5 nitrogen and oxygen atoms in total. The summed E-state index contributed by atoms with van der Waals surface area (Å²) in [5, 5.41) is 4.52. The van der Waals surface area contributed by atoms with Gasteiger partial charge in [-0.25, -0.2) is 0 Å². The van der Waals surface area contributed by atoms with Crippen LogP contribution in [0.2, 0.25) is 10.0 Å². The van der Waals surface area contributed by atoms with E-state index in [1.54, 1.807) is 18.2 Å². The zero-order valence-electron chi connectivity index (χ0n) is 12.2. The van der Waals surface area contributed by atoms with Gasteiger partial charge in [0.15, 0.2) is 5.11 Å². The van der Waals surface area contributed by atoms with Crippen LogP contribution in [0.25, 0.3) is 0 Å². The number of thiocarbonyl (C=S) groups is 1. The Hall–Kier alpha value is -1.24. The highest BCUT2D eigenvalue weighted by Gasteiger charge is 2.01. The van der Waals surface area contributed by atoms with Gasteiger partial charge < -0.3 is 10.1 Å². The van der Waals surface area contributed by atoms with Crippen molar-refractivity contribution in [3.05, 3.63) is 28.2 Å². The number of nitrogens with one attached hydrogen (secondary N) is 3. The zero-order chi connectivity index (χ0) is 16.4. The Labute approximate surface area is 145 Å². The third-order valence-electron chi connectivity index (χ3n) is 2.81. The van der Waals surface area contributed by atoms with Crippen LogP contribution in [-0.4, -0.2) is 24.7 Å². The number of rotatable bonds is 8. The van der Waals surface area contributed by atoms with Gasteiger partial charge in [-0.2, -0.15) is 0 Å². The van der Waals surface area contributed by atoms with Gasteiger partial charge in [0.1, 0.15) is 0 Å². The quantitative estimate of drug-likeness (QED) is 0.284. The van der Waals surface area contributed by atoms with E-state index in [0.717, 1.165) is 31.5 Å². The van der Waals surface area contributed by atoms with Crippen molar-refractivity contribution in [1.82, 2.24) is 10.7 Å². The summed E-state index contributed by atoms with van der Waals surface area (Å²) in [6.45, 7) is 0.732. The smallest absolute Gasteiger partial charge is 0.305 e. The minimum atomic E-state index is -0.170. The van der Waals surface area contributed by atoms with Gasteiger partial charge in [0.25, 0.3) is 0 Å². The topological polar surface area (TPSA) is 62.4 Å². The average Bonchev–Trinajstić information content (AvgIpc) is 2.51. The van der Waals surface area contributed by atoms with Gasteiger partial charge >= 0.3 is 5.97 Å². The van der Waals surface area contributed by atoms with Crippen molar-refractivity contribution in [2.45, 2.75) is 25.7 Å². The van der Waals surface area contributed by atoms with Gasteiger partial charge in [-0.05, 0) is 43.3 Å². The van der Waals surface area contributed by atoms with E-state index in [2.05, 4.69) is 20.9 Å². The lowest BCUT2D eigenvalue weighted by atomic mass is 10.2. The van der Waals surface area contributed by atoms with Crippen LogP contribution in [0, 0.1) is 0 Å². The van der Waals surface area contributed by atoms with Crippen molar-refractivity contribution < 1.29 is 9.53 Å². The third-order valence-corrected chi connectivity index (χ3v) is 3.80. The third kappa shape index (κ3) is 7.68. The van der Waals surface area contributed by atoms with Crippen LogP contribution in [-0.2, 0) is 9.53 Å². The summed E-state index contributed by atoms with van der Waals surface area (Å²) in [6.07, 6.45) is 3.13. The van der Waals surface area contributed by atoms with E-state index < -0.39 is 0 Å². The largest absolute Gasteiger partial charge is 0.469 e. The Bertz CT molecular complexity index is 515. The molecule has 1 aromatic rings. The number of hydrazine groups is 1. The molecule has 1 aromatic carbocycles. The number of hydrogen-bond donors (Lipinski definition) is 3. The van der Waals surface area contributed by atoms with Crippen molar-refractivity contribution in [1.29, 1.82) is 0 Å². The molecule has 0 aliphatic heterocycles. The summed E-state index contributed by atoms with van der Waals surface area (Å²) in [5.74, 6) is -0.170. The molecule has 8 heteroatoms. The van der Waals surface area contributed by atoms with E-state index in [-0.39, 0.29) is 5.97 Å². The van der Waals surface area contributed by atoms with Crippen molar-refractivity contribution in [2.75, 3.05) is 19.1 Å². The SMILES string of the molecule is COC(=O)CCCCCNC(=S)NNc1ccc(Cl)c(Cl)c1. The van der Waals surface area contributed by atoms with Gasteiger partial charge in [-0.15, -0.1) is 0 Å². The first kappa shape index (κ1) is 18.8. The lowest BCUT2D eigenvalue weighted by Gasteiger charge is -2.12. The van der Waals surface area contributed by atoms with E-state index >= 15 is 0 Å². The molecule has 0 unspecified atom stereocenters. The fourth-order valence-corrected chi connectivity index (χ4v) is 2.07. The Morgan fingerprint density at radius 1 is 1.23 bits per heavy atom. The standard InChI is InChI=1S/C14H19Cl2N3O2S/c1-21-13(20)5-3-2-4-8-17-14(22)19-18-10-6-7-11(15)12(16)9-10/h6-7,9,18H,2-5,8H2,1H3,(H2,17,19,22). The number of unbranched alkanes of at least 4 members (excludes halogenated alkanes) is 2. The van der Waals surface area contributed by atoms with Crippen molar-refractivity contribution in [3.63, 3.8) is 0 Å². The van der Waals surface area contributed by atoms with E-state index in [9.17, 15) is 4.79 Å². The molecular weight excluding hydrogens is 345 g/mol. The molecule has 0 saturated carbocycles. The Kier molecular flexibility index (Phi) is 8.96. The van der Waals surface area contributed by atoms with Crippen LogP contribution >= 0.6 is 35.4 Å². The van der Waals surface area contributed by atoms with Crippen molar-refractivity contribution >= 4 is 52.2 Å². The summed E-state index contributed by atoms with van der Waals surface area (Å²) in [5.41, 5.74) is 6.55. The normalized spacial score (nSPS) is 9.95. The zero-order valence-corrected chi connectivity index (χ0v) is 14.6. The van der Waals surface area contributed by atoms with Gasteiger partial charge in [0, 0.05) is 13.0 Å². The molecule has 0 radical (unpaired) electrons. The Morgan fingerprint density at radius 2 is 2.00 bits per heavy atom. The maximum atomic E-state index is 10.9. The van der Waals surface area contributed by atoms with Crippen molar-refractivity contribution in [2.24, 2.45) is 0 Å². The lowest BCUT2D eigenvalue weighted by Crippen LogP contribution is -2.39. The predicted molar refractivity (Wildman–Crippen MR) is 94.3 cm³/mol. The summed E-state index contributed by atoms with van der Waals surface area (Å²) in [6, 6.07) is 5.19. The number of carbonyl (C=O) groups is 1. The predicted octanol–water partition coefficient (Wildman–Crippen LogP) is 3.52. The number of halogens is 2. The molecule has 0 saturated heterocycles. The molecule has 3 N–H and O–H groups in total. The first-order valence-electron chi connectivity index (χ1n) is 6.84. The Balaban J connectivity index is 2.11. The number of anilines is 1. The summed E-state index contributed by atoms with van der Waals surface area (Å²) < 4.78 is 4.57. The first-order valence-corrected chi connectivity index (χ1v) is 8.01. The molecule has 0 aliphatic rings. The van der Waals surface area contributed by atoms with E-state index in [1.165, 1.54) is 7.11 Å². The molecule has 1 rings (SSSR count). The molecule has 0 spiro atoms. The second kappa shape index (κ2) is 10.5. The first-order chi connectivity index (χ1) is 10.5. The molecule has 22 heavy (non-hydrogen) atoms. The van der Waals surface area contributed by atoms with Crippen LogP contribution in [0.5, 0.6) is 0 Å². The average molecular weight is 364 g/mol. The lowest BCUT2D eigenvalue weighted by molar-refractivity contribution is -0.140. The molecule has 122 valence electrons. The molecule has 0 fully saturated rings. The van der Waals surface area contributed by atoms with Crippen LogP contribution in [0.15, 0.2) is 18.2 Å². The summed E-state index contributed by atoms with van der Waals surface area (Å²) in [4.78, 5) is 10.9. The van der Waals surface area contributed by atoms with Gasteiger partial charge in [-0.1, -0.05) is 29.6 Å². The molecule has 0 bridgehead atoms. The maximum Gasteiger partial charge on any atom is 0.305 e. The van der Waals surface area contributed by atoms with Gasteiger partial charge in [0.05, 0.1) is 22.8 Å². The minimum Gasteiger partial charge on any atom is -0.469 e. The van der Waals surface area contributed by atoms with Crippen LogP contribution in [0.3, 0.4) is 0 Å². The Morgan fingerprint density at radius 3 is 2.68 bits per heavy atom. The van der Waals surface area contributed by atoms with E-state index in [0.29, 0.717) is 21.6 Å². The second-order valence-electron chi connectivity index (χ2n) is 4.52. The number of benzene rings is 1. The molecule has 0 atom stereocenters. The molecule has 0 heterocycles. The fourth-order valence-electron chi connectivity index (χ4n) is 1.62. The number of carbonyl (C=O) groups excluding carboxylic acids is 1. The highest BCUT2D eigenvalue weighted by atomic mass is 35.5. The number of hydrogen-bond acceptors (Lipinski definition) is 4. The molecule has 0 amide bonds. The van der Waals surface area contributed by atoms with Crippen molar-refractivity contribution in [3.8, 4) is 0 Å². The summed E-state index contributed by atoms with van der Waals surface area (Å²) >= 11 is 16.9. The van der Waals surface area contributed by atoms with Crippen LogP contribution < -0.4 is 16.2 Å². The van der Waals surface area contributed by atoms with E-state index in [1.807, 2.05) is 0 Å². The second-order valence-corrected chi connectivity index (χ2v) is 5.74. The van der Waals surface area contributed by atoms with Crippen LogP contribution in [0.4, 0.5) is 5.69 Å².